The molecule has 0 saturated heterocycles. The monoisotopic (exact) mass is 312 g/mol. The van der Waals surface area contributed by atoms with Gasteiger partial charge < -0.3 is 15.3 Å². The molecule has 0 aliphatic heterocycles. The quantitative estimate of drug-likeness (QED) is 0.679. The van der Waals surface area contributed by atoms with E-state index in [2.05, 4.69) is 5.32 Å². The van der Waals surface area contributed by atoms with Crippen LogP contribution in [0, 0.1) is 5.92 Å². The summed E-state index contributed by atoms with van der Waals surface area (Å²) in [5.74, 6) is -0.601. The molecular weight excluding hydrogens is 284 g/mol. The second-order valence-corrected chi connectivity index (χ2v) is 6.29. The first kappa shape index (κ1) is 18.5. The number of hydrogen-bond acceptors (Lipinski definition) is 3. The van der Waals surface area contributed by atoms with Crippen molar-refractivity contribution in [3.63, 3.8) is 0 Å². The fraction of sp³-hybridized carbons (Fsp3) is 0.812. The van der Waals surface area contributed by atoms with Crippen molar-refractivity contribution in [2.75, 3.05) is 13.1 Å². The first-order valence-corrected chi connectivity index (χ1v) is 8.18. The van der Waals surface area contributed by atoms with Gasteiger partial charge in [0.15, 0.2) is 0 Å². The van der Waals surface area contributed by atoms with Crippen LogP contribution in [0.3, 0.4) is 0 Å². The largest absolute Gasteiger partial charge is 0.481 e. The number of carbonyl (C=O) groups is 3. The zero-order valence-electron chi connectivity index (χ0n) is 13.6. The third kappa shape index (κ3) is 6.91. The second kappa shape index (κ2) is 9.43. The van der Waals surface area contributed by atoms with Gasteiger partial charge in [-0.1, -0.05) is 25.7 Å². The maximum Gasteiger partial charge on any atom is 0.305 e. The Morgan fingerprint density at radius 2 is 1.82 bits per heavy atom. The Morgan fingerprint density at radius 1 is 1.18 bits per heavy atom. The van der Waals surface area contributed by atoms with E-state index in [4.69, 9.17) is 5.11 Å². The number of carboxylic acid groups (broad SMARTS) is 1. The van der Waals surface area contributed by atoms with Crippen LogP contribution < -0.4 is 5.32 Å². The van der Waals surface area contributed by atoms with Crippen LogP contribution in [0.25, 0.3) is 0 Å². The lowest BCUT2D eigenvalue weighted by Gasteiger charge is -2.26. The summed E-state index contributed by atoms with van der Waals surface area (Å²) >= 11 is 0. The van der Waals surface area contributed by atoms with Gasteiger partial charge in [0.05, 0.1) is 13.0 Å². The number of nitrogens with one attached hydrogen (secondary N) is 1. The standard InChI is InChI=1S/C16H28N2O4/c1-12(2)18(10-9-16(21)22)15(20)11-17-14(19)8-7-13-5-3-4-6-13/h12-13H,3-11H2,1-2H3,(H,17,19)(H,21,22). The van der Waals surface area contributed by atoms with Crippen molar-refractivity contribution in [3.8, 4) is 0 Å². The van der Waals surface area contributed by atoms with Gasteiger partial charge in [0.1, 0.15) is 0 Å². The average Bonchev–Trinajstić information content (AvgIpc) is 2.95. The highest BCUT2D eigenvalue weighted by Crippen LogP contribution is 2.28. The van der Waals surface area contributed by atoms with Crippen LogP contribution in [0.15, 0.2) is 0 Å². The molecule has 1 saturated carbocycles. The zero-order chi connectivity index (χ0) is 16.5. The smallest absolute Gasteiger partial charge is 0.305 e. The van der Waals surface area contributed by atoms with E-state index in [1.165, 1.54) is 30.6 Å². The first-order chi connectivity index (χ1) is 10.4. The summed E-state index contributed by atoms with van der Waals surface area (Å²) in [6, 6.07) is -0.0813. The Labute approximate surface area is 132 Å². The molecular formula is C16H28N2O4. The van der Waals surface area contributed by atoms with E-state index in [1.54, 1.807) is 0 Å². The highest BCUT2D eigenvalue weighted by molar-refractivity contribution is 5.85. The maximum atomic E-state index is 12.1. The van der Waals surface area contributed by atoms with Gasteiger partial charge >= 0.3 is 5.97 Å². The summed E-state index contributed by atoms with van der Waals surface area (Å²) in [5, 5.41) is 11.4. The Hall–Kier alpha value is -1.59. The molecule has 0 aromatic heterocycles. The zero-order valence-corrected chi connectivity index (χ0v) is 13.6. The van der Waals surface area contributed by atoms with Gasteiger partial charge in [-0.05, 0) is 26.2 Å². The van der Waals surface area contributed by atoms with Crippen molar-refractivity contribution >= 4 is 17.8 Å². The first-order valence-electron chi connectivity index (χ1n) is 8.18. The Kier molecular flexibility index (Phi) is 7.91. The fourth-order valence-corrected chi connectivity index (χ4v) is 2.89. The molecule has 1 rings (SSSR count). The number of nitrogens with zero attached hydrogens (tertiary/aromatic N) is 1. The van der Waals surface area contributed by atoms with Crippen molar-refractivity contribution in [2.24, 2.45) is 5.92 Å². The molecule has 6 heteroatoms. The highest BCUT2D eigenvalue weighted by atomic mass is 16.4. The van der Waals surface area contributed by atoms with E-state index in [0.29, 0.717) is 12.3 Å². The lowest BCUT2D eigenvalue weighted by Crippen LogP contribution is -2.44. The molecule has 1 aliphatic carbocycles. The van der Waals surface area contributed by atoms with E-state index in [-0.39, 0.29) is 37.4 Å². The summed E-state index contributed by atoms with van der Waals surface area (Å²) in [4.78, 5) is 36.0. The summed E-state index contributed by atoms with van der Waals surface area (Å²) in [6.45, 7) is 3.79. The normalized spacial score (nSPS) is 15.0. The number of carbonyl (C=O) groups excluding carboxylic acids is 2. The lowest BCUT2D eigenvalue weighted by atomic mass is 10.0. The Morgan fingerprint density at radius 3 is 2.36 bits per heavy atom. The van der Waals surface area contributed by atoms with Crippen molar-refractivity contribution in [1.29, 1.82) is 0 Å². The molecule has 2 N–H and O–H groups in total. The molecule has 0 unspecified atom stereocenters. The van der Waals surface area contributed by atoms with Gasteiger partial charge in [0.2, 0.25) is 11.8 Å². The summed E-state index contributed by atoms with van der Waals surface area (Å²) in [7, 11) is 0. The molecule has 22 heavy (non-hydrogen) atoms. The second-order valence-electron chi connectivity index (χ2n) is 6.29. The molecule has 0 heterocycles. The van der Waals surface area contributed by atoms with E-state index in [9.17, 15) is 14.4 Å². The molecule has 1 aliphatic rings. The molecule has 0 bridgehead atoms. The SMILES string of the molecule is CC(C)N(CCC(=O)O)C(=O)CNC(=O)CCC1CCCC1. The molecule has 0 spiro atoms. The number of hydrogen-bond donors (Lipinski definition) is 2. The van der Waals surface area contributed by atoms with Crippen LogP contribution in [0.5, 0.6) is 0 Å². The van der Waals surface area contributed by atoms with Crippen molar-refractivity contribution in [3.05, 3.63) is 0 Å². The van der Waals surface area contributed by atoms with E-state index < -0.39 is 5.97 Å². The highest BCUT2D eigenvalue weighted by Gasteiger charge is 2.19. The van der Waals surface area contributed by atoms with Crippen LogP contribution in [0.2, 0.25) is 0 Å². The number of carboxylic acids is 1. The molecule has 0 aromatic rings. The van der Waals surface area contributed by atoms with Crippen LogP contribution in [-0.2, 0) is 14.4 Å². The molecule has 0 radical (unpaired) electrons. The molecule has 6 nitrogen and oxygen atoms in total. The Bertz CT molecular complexity index is 390. The van der Waals surface area contributed by atoms with Crippen molar-refractivity contribution in [1.82, 2.24) is 10.2 Å². The molecule has 126 valence electrons. The lowest BCUT2D eigenvalue weighted by molar-refractivity contribution is -0.139. The molecule has 0 atom stereocenters. The topological polar surface area (TPSA) is 86.7 Å². The number of aliphatic carboxylic acids is 1. The predicted octanol–water partition coefficient (Wildman–Crippen LogP) is 1.78. The maximum absolute atomic E-state index is 12.1. The average molecular weight is 312 g/mol. The van der Waals surface area contributed by atoms with Crippen molar-refractivity contribution in [2.45, 2.75) is 64.8 Å². The van der Waals surface area contributed by atoms with Gasteiger partial charge in [-0.3, -0.25) is 14.4 Å². The summed E-state index contributed by atoms with van der Waals surface area (Å²) in [6.07, 6.45) is 6.22. The molecule has 0 aromatic carbocycles. The van der Waals surface area contributed by atoms with Gasteiger partial charge in [-0.2, -0.15) is 0 Å². The van der Waals surface area contributed by atoms with Gasteiger partial charge in [-0.25, -0.2) is 0 Å². The van der Waals surface area contributed by atoms with E-state index >= 15 is 0 Å². The number of amides is 2. The van der Waals surface area contributed by atoms with E-state index in [1.807, 2.05) is 13.8 Å². The van der Waals surface area contributed by atoms with Crippen LogP contribution in [0.1, 0.15) is 58.8 Å². The minimum atomic E-state index is -0.931. The minimum absolute atomic E-state index is 0.0543. The molecule has 1 fully saturated rings. The van der Waals surface area contributed by atoms with Crippen LogP contribution in [-0.4, -0.2) is 46.9 Å². The Balaban J connectivity index is 2.28. The third-order valence-electron chi connectivity index (χ3n) is 4.20. The third-order valence-corrected chi connectivity index (χ3v) is 4.20. The van der Waals surface area contributed by atoms with Gasteiger partial charge in [0, 0.05) is 19.0 Å². The fourth-order valence-electron chi connectivity index (χ4n) is 2.89. The molecule has 2 amide bonds. The van der Waals surface area contributed by atoms with Crippen molar-refractivity contribution < 1.29 is 19.5 Å². The predicted molar refractivity (Wildman–Crippen MR) is 83.3 cm³/mol. The van der Waals surface area contributed by atoms with Crippen LogP contribution >= 0.6 is 0 Å². The minimum Gasteiger partial charge on any atom is -0.481 e. The summed E-state index contributed by atoms with van der Waals surface area (Å²) in [5.41, 5.74) is 0. The van der Waals surface area contributed by atoms with Gasteiger partial charge in [-0.15, -0.1) is 0 Å². The van der Waals surface area contributed by atoms with E-state index in [0.717, 1.165) is 6.42 Å². The van der Waals surface area contributed by atoms with Crippen LogP contribution in [0.4, 0.5) is 0 Å². The van der Waals surface area contributed by atoms with Gasteiger partial charge in [0.25, 0.3) is 0 Å². The summed E-state index contributed by atoms with van der Waals surface area (Å²) < 4.78 is 0. The number of rotatable bonds is 9.